The van der Waals surface area contributed by atoms with Gasteiger partial charge < -0.3 is 10.6 Å². The van der Waals surface area contributed by atoms with Gasteiger partial charge in [-0.25, -0.2) is 4.98 Å². The van der Waals surface area contributed by atoms with Gasteiger partial charge in [0.05, 0.1) is 5.69 Å². The molecule has 1 amide bonds. The topological polar surface area (TPSA) is 59.2 Å². The molecule has 0 aliphatic heterocycles. The lowest BCUT2D eigenvalue weighted by molar-refractivity contribution is 0.0797. The van der Waals surface area contributed by atoms with Gasteiger partial charge in [0, 0.05) is 13.6 Å². The van der Waals surface area contributed by atoms with Crippen LogP contribution in [0.3, 0.4) is 0 Å². The molecule has 2 N–H and O–H groups in total. The molecule has 1 aromatic heterocycles. The normalized spacial score (nSPS) is 10.5. The SMILES string of the molecule is Cc1nc(N)sc1C(=O)N(C)CCCc1ccccc1. The molecule has 0 unspecified atom stereocenters. The summed E-state index contributed by atoms with van der Waals surface area (Å²) in [5.41, 5.74) is 7.64. The molecule has 20 heavy (non-hydrogen) atoms. The third kappa shape index (κ3) is 3.57. The Labute approximate surface area is 123 Å². The third-order valence-electron chi connectivity index (χ3n) is 3.16. The number of benzene rings is 1. The summed E-state index contributed by atoms with van der Waals surface area (Å²) in [6.45, 7) is 2.54. The number of carbonyl (C=O) groups is 1. The number of nitrogens with zero attached hydrogens (tertiary/aromatic N) is 2. The summed E-state index contributed by atoms with van der Waals surface area (Å²) < 4.78 is 0. The first-order valence-corrected chi connectivity index (χ1v) is 7.42. The first kappa shape index (κ1) is 14.5. The number of nitrogen functional groups attached to an aromatic ring is 1. The van der Waals surface area contributed by atoms with E-state index in [-0.39, 0.29) is 5.91 Å². The summed E-state index contributed by atoms with van der Waals surface area (Å²) in [6.07, 6.45) is 1.92. The molecule has 2 rings (SSSR count). The molecule has 2 aromatic rings. The zero-order valence-electron chi connectivity index (χ0n) is 11.8. The van der Waals surface area contributed by atoms with Crippen LogP contribution in [-0.4, -0.2) is 29.4 Å². The zero-order valence-corrected chi connectivity index (χ0v) is 12.6. The highest BCUT2D eigenvalue weighted by Gasteiger charge is 2.17. The molecule has 5 heteroatoms. The summed E-state index contributed by atoms with van der Waals surface area (Å²) in [4.78, 5) is 18.7. The number of anilines is 1. The number of rotatable bonds is 5. The second-order valence-corrected chi connectivity index (χ2v) is 5.81. The molecule has 0 aliphatic rings. The van der Waals surface area contributed by atoms with Gasteiger partial charge in [-0.1, -0.05) is 41.7 Å². The maximum absolute atomic E-state index is 12.3. The Morgan fingerprint density at radius 2 is 2.05 bits per heavy atom. The van der Waals surface area contributed by atoms with E-state index in [4.69, 9.17) is 5.73 Å². The molecule has 0 saturated heterocycles. The predicted octanol–water partition coefficient (Wildman–Crippen LogP) is 2.74. The number of nitrogens with two attached hydrogens (primary N) is 1. The van der Waals surface area contributed by atoms with E-state index in [1.807, 2.05) is 32.2 Å². The Kier molecular flexibility index (Phi) is 4.74. The number of aryl methyl sites for hydroxylation is 2. The number of thiazole rings is 1. The van der Waals surface area contributed by atoms with Crippen LogP contribution in [0.2, 0.25) is 0 Å². The highest BCUT2D eigenvalue weighted by molar-refractivity contribution is 7.17. The van der Waals surface area contributed by atoms with E-state index in [1.165, 1.54) is 16.9 Å². The van der Waals surface area contributed by atoms with Crippen LogP contribution in [0.25, 0.3) is 0 Å². The summed E-state index contributed by atoms with van der Waals surface area (Å²) in [7, 11) is 1.82. The van der Waals surface area contributed by atoms with Crippen molar-refractivity contribution in [3.8, 4) is 0 Å². The molecule has 0 atom stereocenters. The van der Waals surface area contributed by atoms with Gasteiger partial charge >= 0.3 is 0 Å². The van der Waals surface area contributed by atoms with Crippen LogP contribution in [0.4, 0.5) is 5.13 Å². The van der Waals surface area contributed by atoms with Gasteiger partial charge in [0.15, 0.2) is 5.13 Å². The van der Waals surface area contributed by atoms with Crippen LogP contribution >= 0.6 is 11.3 Å². The fourth-order valence-corrected chi connectivity index (χ4v) is 2.88. The Morgan fingerprint density at radius 1 is 1.35 bits per heavy atom. The van der Waals surface area contributed by atoms with Gasteiger partial charge in [-0.15, -0.1) is 0 Å². The zero-order chi connectivity index (χ0) is 14.5. The highest BCUT2D eigenvalue weighted by Crippen LogP contribution is 2.21. The van der Waals surface area contributed by atoms with Crippen molar-refractivity contribution in [2.75, 3.05) is 19.3 Å². The quantitative estimate of drug-likeness (QED) is 0.920. The first-order valence-electron chi connectivity index (χ1n) is 6.60. The van der Waals surface area contributed by atoms with Crippen LogP contribution < -0.4 is 5.73 Å². The molecule has 0 spiro atoms. The molecular formula is C15H19N3OS. The van der Waals surface area contributed by atoms with Crippen LogP contribution in [0, 0.1) is 6.92 Å². The minimum Gasteiger partial charge on any atom is -0.375 e. The Morgan fingerprint density at radius 3 is 2.65 bits per heavy atom. The Hall–Kier alpha value is -1.88. The van der Waals surface area contributed by atoms with Crippen molar-refractivity contribution in [3.05, 3.63) is 46.5 Å². The number of aromatic nitrogens is 1. The van der Waals surface area contributed by atoms with Crippen molar-refractivity contribution in [2.45, 2.75) is 19.8 Å². The highest BCUT2D eigenvalue weighted by atomic mass is 32.1. The largest absolute Gasteiger partial charge is 0.375 e. The first-order chi connectivity index (χ1) is 9.58. The fourth-order valence-electron chi connectivity index (χ4n) is 2.06. The van der Waals surface area contributed by atoms with E-state index >= 15 is 0 Å². The molecule has 0 saturated carbocycles. The van der Waals surface area contributed by atoms with Gasteiger partial charge in [-0.05, 0) is 25.3 Å². The van der Waals surface area contributed by atoms with E-state index < -0.39 is 0 Å². The van der Waals surface area contributed by atoms with E-state index in [2.05, 4.69) is 17.1 Å². The molecule has 106 valence electrons. The standard InChI is InChI=1S/C15H19N3OS/c1-11-13(20-15(16)17-11)14(19)18(2)10-6-9-12-7-4-3-5-8-12/h3-5,7-8H,6,9-10H2,1-2H3,(H2,16,17). The van der Waals surface area contributed by atoms with Crippen molar-refractivity contribution in [1.29, 1.82) is 0 Å². The van der Waals surface area contributed by atoms with Crippen molar-refractivity contribution in [3.63, 3.8) is 0 Å². The molecule has 0 radical (unpaired) electrons. The minimum absolute atomic E-state index is 0.00441. The molecule has 0 fully saturated rings. The molecule has 4 nitrogen and oxygen atoms in total. The van der Waals surface area contributed by atoms with E-state index in [9.17, 15) is 4.79 Å². The molecule has 1 aromatic carbocycles. The van der Waals surface area contributed by atoms with Crippen molar-refractivity contribution in [2.24, 2.45) is 0 Å². The second-order valence-electron chi connectivity index (χ2n) is 4.78. The molecule has 0 aliphatic carbocycles. The maximum Gasteiger partial charge on any atom is 0.265 e. The van der Waals surface area contributed by atoms with Crippen molar-refractivity contribution < 1.29 is 4.79 Å². The summed E-state index contributed by atoms with van der Waals surface area (Å²) in [5, 5.41) is 0.448. The maximum atomic E-state index is 12.3. The van der Waals surface area contributed by atoms with Crippen LogP contribution in [0.5, 0.6) is 0 Å². The van der Waals surface area contributed by atoms with Crippen molar-refractivity contribution >= 4 is 22.4 Å². The average molecular weight is 289 g/mol. The van der Waals surface area contributed by atoms with Gasteiger partial charge in [0.1, 0.15) is 4.88 Å². The van der Waals surface area contributed by atoms with E-state index in [1.54, 1.807) is 4.90 Å². The van der Waals surface area contributed by atoms with Crippen LogP contribution in [0.15, 0.2) is 30.3 Å². The molecule has 0 bridgehead atoms. The number of hydrogen-bond acceptors (Lipinski definition) is 4. The van der Waals surface area contributed by atoms with E-state index in [0.717, 1.165) is 19.4 Å². The number of amides is 1. The lowest BCUT2D eigenvalue weighted by Gasteiger charge is -2.16. The Bertz CT molecular complexity index is 580. The lowest BCUT2D eigenvalue weighted by atomic mass is 10.1. The Balaban J connectivity index is 1.87. The average Bonchev–Trinajstić information content (AvgIpc) is 2.78. The smallest absolute Gasteiger partial charge is 0.265 e. The second kappa shape index (κ2) is 6.52. The van der Waals surface area contributed by atoms with Gasteiger partial charge in [0.25, 0.3) is 5.91 Å². The molecular weight excluding hydrogens is 270 g/mol. The lowest BCUT2D eigenvalue weighted by Crippen LogP contribution is -2.27. The fraction of sp³-hybridized carbons (Fsp3) is 0.333. The summed E-state index contributed by atoms with van der Waals surface area (Å²) >= 11 is 1.26. The summed E-state index contributed by atoms with van der Waals surface area (Å²) in [6, 6.07) is 10.3. The van der Waals surface area contributed by atoms with Crippen LogP contribution in [0.1, 0.15) is 27.3 Å². The van der Waals surface area contributed by atoms with Crippen molar-refractivity contribution in [1.82, 2.24) is 9.88 Å². The monoisotopic (exact) mass is 289 g/mol. The van der Waals surface area contributed by atoms with Crippen LogP contribution in [-0.2, 0) is 6.42 Å². The number of hydrogen-bond donors (Lipinski definition) is 1. The van der Waals surface area contributed by atoms with Gasteiger partial charge in [0.2, 0.25) is 0 Å². The summed E-state index contributed by atoms with van der Waals surface area (Å²) in [5.74, 6) is 0.00441. The minimum atomic E-state index is 0.00441. The third-order valence-corrected chi connectivity index (χ3v) is 4.13. The van der Waals surface area contributed by atoms with Gasteiger partial charge in [-0.3, -0.25) is 4.79 Å². The predicted molar refractivity (Wildman–Crippen MR) is 83.0 cm³/mol. The van der Waals surface area contributed by atoms with Gasteiger partial charge in [-0.2, -0.15) is 0 Å². The van der Waals surface area contributed by atoms with E-state index in [0.29, 0.717) is 15.7 Å². The molecule has 1 heterocycles. The number of carbonyl (C=O) groups excluding carboxylic acids is 1.